The molecule has 10 heteroatoms. The summed E-state index contributed by atoms with van der Waals surface area (Å²) in [6, 6.07) is 15.8. The standard InChI is InChI=1S/C30H33FN4O5/c1-29(2,20-5-9-23(10-6-20)40-24-11-21(12-24)33-28(36)37)19-3-7-22(8-4-19)39-14-26-25(31)13-32-27(34-26)35-15-30(16-35)17-38-18-30/h3-10,13,21,24,33H,11-12,14-18H2,1-2H3,(H,36,37). The highest BCUT2D eigenvalue weighted by molar-refractivity contribution is 5.65. The number of halogens is 1. The molecule has 0 radical (unpaired) electrons. The minimum absolute atomic E-state index is 0.0156. The smallest absolute Gasteiger partial charge is 0.404 e. The fourth-order valence-electron chi connectivity index (χ4n) is 5.51. The Kier molecular flexibility index (Phi) is 6.74. The van der Waals surface area contributed by atoms with Crippen LogP contribution in [0.25, 0.3) is 0 Å². The van der Waals surface area contributed by atoms with E-state index in [1.807, 2.05) is 41.3 Å². The maximum atomic E-state index is 14.4. The number of rotatable bonds is 9. The number of benzene rings is 2. The summed E-state index contributed by atoms with van der Waals surface area (Å²) in [5.41, 5.74) is 2.43. The van der Waals surface area contributed by atoms with Crippen molar-refractivity contribution in [1.82, 2.24) is 15.3 Å². The predicted octanol–water partition coefficient (Wildman–Crippen LogP) is 4.53. The molecule has 3 aliphatic rings. The fourth-order valence-corrected chi connectivity index (χ4v) is 5.51. The number of nitrogens with one attached hydrogen (secondary N) is 1. The van der Waals surface area contributed by atoms with Crippen LogP contribution in [0.2, 0.25) is 0 Å². The van der Waals surface area contributed by atoms with Crippen molar-refractivity contribution >= 4 is 12.0 Å². The second kappa shape index (κ2) is 10.2. The summed E-state index contributed by atoms with van der Waals surface area (Å²) < 4.78 is 31.6. The van der Waals surface area contributed by atoms with Crippen molar-refractivity contribution in [2.45, 2.75) is 50.9 Å². The van der Waals surface area contributed by atoms with Gasteiger partial charge in [0.15, 0.2) is 5.82 Å². The van der Waals surface area contributed by atoms with E-state index < -0.39 is 11.9 Å². The Balaban J connectivity index is 1.03. The third-order valence-corrected chi connectivity index (χ3v) is 8.21. The Bertz CT molecular complexity index is 1360. The lowest BCUT2D eigenvalue weighted by Gasteiger charge is -2.54. The zero-order chi connectivity index (χ0) is 27.9. The lowest BCUT2D eigenvalue weighted by Crippen LogP contribution is -2.66. The van der Waals surface area contributed by atoms with Crippen molar-refractivity contribution < 1.29 is 28.5 Å². The molecular formula is C30H33FN4O5. The molecule has 2 N–H and O–H groups in total. The number of anilines is 1. The highest BCUT2D eigenvalue weighted by atomic mass is 19.1. The first-order valence-electron chi connectivity index (χ1n) is 13.5. The van der Waals surface area contributed by atoms with Crippen LogP contribution in [0.15, 0.2) is 54.7 Å². The Morgan fingerprint density at radius 3 is 2.30 bits per heavy atom. The number of ether oxygens (including phenoxy) is 3. The van der Waals surface area contributed by atoms with E-state index in [0.717, 1.165) is 43.2 Å². The third-order valence-electron chi connectivity index (χ3n) is 8.21. The molecule has 40 heavy (non-hydrogen) atoms. The van der Waals surface area contributed by atoms with Gasteiger partial charge in [0, 0.05) is 37.4 Å². The molecule has 6 rings (SSSR count). The van der Waals surface area contributed by atoms with E-state index in [2.05, 4.69) is 41.3 Å². The van der Waals surface area contributed by atoms with Gasteiger partial charge in [0.2, 0.25) is 5.95 Å². The largest absolute Gasteiger partial charge is 0.490 e. The molecule has 0 bridgehead atoms. The van der Waals surface area contributed by atoms with Gasteiger partial charge in [0.05, 0.1) is 24.8 Å². The van der Waals surface area contributed by atoms with Gasteiger partial charge in [0.1, 0.15) is 29.9 Å². The number of hydrogen-bond acceptors (Lipinski definition) is 7. The van der Waals surface area contributed by atoms with Gasteiger partial charge in [-0.05, 0) is 35.4 Å². The average molecular weight is 549 g/mol. The van der Waals surface area contributed by atoms with Gasteiger partial charge in [-0.1, -0.05) is 38.1 Å². The first-order valence-corrected chi connectivity index (χ1v) is 13.5. The number of nitrogens with zero attached hydrogens (tertiary/aromatic N) is 3. The van der Waals surface area contributed by atoms with E-state index in [4.69, 9.17) is 19.3 Å². The van der Waals surface area contributed by atoms with Crippen molar-refractivity contribution in [3.8, 4) is 11.5 Å². The molecule has 9 nitrogen and oxygen atoms in total. The highest BCUT2D eigenvalue weighted by Gasteiger charge is 2.50. The van der Waals surface area contributed by atoms with Gasteiger partial charge in [-0.15, -0.1) is 0 Å². The summed E-state index contributed by atoms with van der Waals surface area (Å²) in [6.45, 7) is 7.52. The lowest BCUT2D eigenvalue weighted by atomic mass is 9.78. The first-order chi connectivity index (χ1) is 19.2. The summed E-state index contributed by atoms with van der Waals surface area (Å²) >= 11 is 0. The monoisotopic (exact) mass is 548 g/mol. The van der Waals surface area contributed by atoms with Crippen molar-refractivity contribution in [2.24, 2.45) is 5.41 Å². The summed E-state index contributed by atoms with van der Waals surface area (Å²) in [4.78, 5) is 21.3. The van der Waals surface area contributed by atoms with Crippen LogP contribution in [0.1, 0.15) is 43.5 Å². The Hall–Kier alpha value is -3.92. The molecule has 0 unspecified atom stereocenters. The molecule has 210 valence electrons. The van der Waals surface area contributed by atoms with Crippen LogP contribution in [-0.2, 0) is 16.8 Å². The highest BCUT2D eigenvalue weighted by Crippen LogP contribution is 2.39. The molecule has 1 aromatic heterocycles. The Morgan fingerprint density at radius 1 is 1.10 bits per heavy atom. The summed E-state index contributed by atoms with van der Waals surface area (Å²) in [5.74, 6) is 1.45. The lowest BCUT2D eigenvalue weighted by molar-refractivity contribution is -0.127. The number of aromatic nitrogens is 2. The van der Waals surface area contributed by atoms with Gasteiger partial charge in [-0.3, -0.25) is 0 Å². The molecule has 1 spiro atoms. The van der Waals surface area contributed by atoms with E-state index in [0.29, 0.717) is 24.5 Å². The van der Waals surface area contributed by atoms with Gasteiger partial charge in [0.25, 0.3) is 0 Å². The van der Waals surface area contributed by atoms with Gasteiger partial charge in [-0.2, -0.15) is 0 Å². The van der Waals surface area contributed by atoms with Crippen LogP contribution in [0.5, 0.6) is 11.5 Å². The maximum Gasteiger partial charge on any atom is 0.404 e. The molecule has 1 amide bonds. The van der Waals surface area contributed by atoms with Crippen molar-refractivity contribution in [3.05, 3.63) is 77.4 Å². The van der Waals surface area contributed by atoms with E-state index >= 15 is 0 Å². The topological polar surface area (TPSA) is 106 Å². The van der Waals surface area contributed by atoms with Crippen LogP contribution >= 0.6 is 0 Å². The van der Waals surface area contributed by atoms with Gasteiger partial charge in [-0.25, -0.2) is 19.2 Å². The molecule has 2 aliphatic heterocycles. The molecular weight excluding hydrogens is 515 g/mol. The van der Waals surface area contributed by atoms with Gasteiger partial charge >= 0.3 is 6.09 Å². The number of amides is 1. The molecule has 2 aromatic carbocycles. The number of hydrogen-bond donors (Lipinski definition) is 2. The Labute approximate surface area is 232 Å². The van der Waals surface area contributed by atoms with Crippen LogP contribution in [0.4, 0.5) is 15.1 Å². The van der Waals surface area contributed by atoms with E-state index in [-0.39, 0.29) is 35.3 Å². The average Bonchev–Trinajstić information content (AvgIpc) is 2.86. The van der Waals surface area contributed by atoms with Crippen molar-refractivity contribution in [2.75, 3.05) is 31.2 Å². The molecule has 0 atom stereocenters. The molecule has 3 aromatic rings. The van der Waals surface area contributed by atoms with Crippen LogP contribution < -0.4 is 19.7 Å². The molecule has 2 saturated heterocycles. The third kappa shape index (κ3) is 5.28. The molecule has 1 aliphatic carbocycles. The second-order valence-corrected chi connectivity index (χ2v) is 11.6. The zero-order valence-electron chi connectivity index (χ0n) is 22.6. The van der Waals surface area contributed by atoms with Crippen LogP contribution in [-0.4, -0.2) is 59.6 Å². The summed E-state index contributed by atoms with van der Waals surface area (Å²) in [5, 5.41) is 11.3. The van der Waals surface area contributed by atoms with Crippen LogP contribution in [0, 0.1) is 11.2 Å². The van der Waals surface area contributed by atoms with E-state index in [1.54, 1.807) is 0 Å². The van der Waals surface area contributed by atoms with Crippen molar-refractivity contribution in [3.63, 3.8) is 0 Å². The molecule has 3 heterocycles. The number of carboxylic acid groups (broad SMARTS) is 1. The van der Waals surface area contributed by atoms with E-state index in [9.17, 15) is 9.18 Å². The number of carbonyl (C=O) groups is 1. The predicted molar refractivity (Wildman–Crippen MR) is 145 cm³/mol. The maximum absolute atomic E-state index is 14.4. The molecule has 3 fully saturated rings. The normalized spacial score (nSPS) is 21.1. The fraction of sp³-hybridized carbons (Fsp3) is 0.433. The quantitative estimate of drug-likeness (QED) is 0.402. The Morgan fingerprint density at radius 2 is 1.73 bits per heavy atom. The summed E-state index contributed by atoms with van der Waals surface area (Å²) in [6.07, 6.45) is 1.59. The minimum Gasteiger partial charge on any atom is -0.490 e. The van der Waals surface area contributed by atoms with Gasteiger partial charge < -0.3 is 29.5 Å². The first kappa shape index (κ1) is 26.3. The second-order valence-electron chi connectivity index (χ2n) is 11.6. The van der Waals surface area contributed by atoms with Crippen molar-refractivity contribution in [1.29, 1.82) is 0 Å². The summed E-state index contributed by atoms with van der Waals surface area (Å²) in [7, 11) is 0. The SMILES string of the molecule is CC(C)(c1ccc(OCc2nc(N3CC4(COC4)C3)ncc2F)cc1)c1ccc(OC2CC(NC(=O)O)C2)cc1. The minimum atomic E-state index is -0.997. The molecule has 1 saturated carbocycles. The zero-order valence-corrected chi connectivity index (χ0v) is 22.6. The van der Waals surface area contributed by atoms with Crippen LogP contribution in [0.3, 0.4) is 0 Å². The van der Waals surface area contributed by atoms with E-state index in [1.165, 1.54) is 6.20 Å².